The Morgan fingerprint density at radius 3 is 2.47 bits per heavy atom. The van der Waals surface area contributed by atoms with Crippen LogP contribution in [0.1, 0.15) is 39.5 Å². The molecule has 2 nitrogen and oxygen atoms in total. The molecule has 2 unspecified atom stereocenters. The molecule has 15 heavy (non-hydrogen) atoms. The van der Waals surface area contributed by atoms with Gasteiger partial charge in [0.2, 0.25) is 0 Å². The van der Waals surface area contributed by atoms with Crippen LogP contribution in [-0.2, 0) is 0 Å². The van der Waals surface area contributed by atoms with Crippen molar-refractivity contribution in [3.63, 3.8) is 0 Å². The Kier molecular flexibility index (Phi) is 8.47. The van der Waals surface area contributed by atoms with Crippen LogP contribution >= 0.6 is 12.6 Å². The van der Waals surface area contributed by atoms with E-state index >= 15 is 0 Å². The molecule has 0 aromatic rings. The van der Waals surface area contributed by atoms with Crippen LogP contribution in [0, 0.1) is 5.92 Å². The lowest BCUT2D eigenvalue weighted by Crippen LogP contribution is -2.29. The molecule has 2 atom stereocenters. The molecular formula is C11H24O2SSi. The fourth-order valence-electron chi connectivity index (χ4n) is 1.45. The van der Waals surface area contributed by atoms with Gasteiger partial charge in [-0.25, -0.2) is 0 Å². The van der Waals surface area contributed by atoms with Crippen molar-refractivity contribution in [1.82, 2.24) is 0 Å². The lowest BCUT2D eigenvalue weighted by Gasteiger charge is -2.15. The van der Waals surface area contributed by atoms with Gasteiger partial charge in [0.1, 0.15) is 0 Å². The van der Waals surface area contributed by atoms with E-state index in [1.54, 1.807) is 0 Å². The minimum Gasteiger partial charge on any atom is -0.518 e. The quantitative estimate of drug-likeness (QED) is 0.367. The molecule has 0 aliphatic heterocycles. The van der Waals surface area contributed by atoms with E-state index in [-0.39, 0.29) is 12.5 Å². The normalized spacial score (nSPS) is 17.1. The second kappa shape index (κ2) is 8.36. The highest BCUT2D eigenvalue weighted by molar-refractivity contribution is 7.82. The number of rotatable bonds is 7. The van der Waals surface area contributed by atoms with Crippen LogP contribution in [0.25, 0.3) is 0 Å². The maximum absolute atomic E-state index is 9.87. The summed E-state index contributed by atoms with van der Waals surface area (Å²) < 4.78 is 0. The monoisotopic (exact) mass is 248 g/mol. The van der Waals surface area contributed by atoms with Crippen LogP contribution in [0.3, 0.4) is 0 Å². The lowest BCUT2D eigenvalue weighted by molar-refractivity contribution is 0.259. The zero-order valence-electron chi connectivity index (χ0n) is 10.0. The van der Waals surface area contributed by atoms with E-state index in [4.69, 9.17) is 5.11 Å². The van der Waals surface area contributed by atoms with Crippen LogP contribution < -0.4 is 0 Å². The average molecular weight is 248 g/mol. The van der Waals surface area contributed by atoms with Gasteiger partial charge in [-0.1, -0.05) is 39.7 Å². The average Bonchev–Trinajstić information content (AvgIpc) is 2.26. The van der Waals surface area contributed by atoms with Crippen molar-refractivity contribution in [3.8, 4) is 0 Å². The van der Waals surface area contributed by atoms with Crippen molar-refractivity contribution in [2.24, 2.45) is 5.92 Å². The van der Waals surface area contributed by atoms with Gasteiger partial charge in [-0.05, 0) is 6.42 Å². The van der Waals surface area contributed by atoms with E-state index in [0.29, 0.717) is 10.2 Å². The van der Waals surface area contributed by atoms with Gasteiger partial charge in [0.05, 0.1) is 20.4 Å². The third-order valence-electron chi connectivity index (χ3n) is 2.73. The SMILES string of the molecule is CCCCCC(S)/[Si](C)=C(/O)C(C)CO. The first-order valence-corrected chi connectivity index (χ1v) is 8.32. The topological polar surface area (TPSA) is 40.5 Å². The highest BCUT2D eigenvalue weighted by atomic mass is 32.1. The van der Waals surface area contributed by atoms with Gasteiger partial charge in [-0.2, -0.15) is 12.6 Å². The molecule has 0 fully saturated rings. The number of unbranched alkanes of at least 4 members (excludes halogenated alkanes) is 2. The van der Waals surface area contributed by atoms with E-state index in [1.165, 1.54) is 19.3 Å². The number of thiol groups is 1. The Hall–Kier alpha value is 0.197. The fraction of sp³-hybridized carbons (Fsp3) is 0.909. The first kappa shape index (κ1) is 15.2. The van der Waals surface area contributed by atoms with Crippen molar-refractivity contribution < 1.29 is 10.2 Å². The molecule has 2 N–H and O–H groups in total. The predicted octanol–water partition coefficient (Wildman–Crippen LogP) is 2.24. The Bertz CT molecular complexity index is 207. The highest BCUT2D eigenvalue weighted by Gasteiger charge is 2.15. The molecule has 0 rings (SSSR count). The molecule has 0 heterocycles. The second-order valence-corrected chi connectivity index (χ2v) is 7.85. The van der Waals surface area contributed by atoms with Crippen molar-refractivity contribution in [2.75, 3.05) is 6.61 Å². The van der Waals surface area contributed by atoms with Crippen LogP contribution in [0.2, 0.25) is 6.55 Å². The van der Waals surface area contributed by atoms with E-state index in [0.717, 1.165) is 6.42 Å². The van der Waals surface area contributed by atoms with Crippen LogP contribution in [0.15, 0.2) is 0 Å². The molecule has 0 saturated heterocycles. The summed E-state index contributed by atoms with van der Waals surface area (Å²) in [7, 11) is -0.960. The van der Waals surface area contributed by atoms with Gasteiger partial charge in [0.25, 0.3) is 0 Å². The summed E-state index contributed by atoms with van der Waals surface area (Å²) in [4.78, 5) is 0.301. The molecule has 0 aromatic heterocycles. The van der Waals surface area contributed by atoms with Gasteiger partial charge in [0, 0.05) is 10.8 Å². The molecule has 0 bridgehead atoms. The van der Waals surface area contributed by atoms with Gasteiger partial charge in [0.15, 0.2) is 0 Å². The zero-order chi connectivity index (χ0) is 11.8. The Balaban J connectivity index is 4.21. The van der Waals surface area contributed by atoms with E-state index in [2.05, 4.69) is 26.1 Å². The fourth-order valence-corrected chi connectivity index (χ4v) is 3.88. The number of hydrogen-bond acceptors (Lipinski definition) is 3. The standard InChI is InChI=1S/C11H24O2SSi/c1-4-5-6-7-10(14)15(3)11(13)9(2)8-12/h9-10,12-14H,4-8H2,1-3H3/b15-11+. The first-order valence-electron chi connectivity index (χ1n) is 5.73. The summed E-state index contributed by atoms with van der Waals surface area (Å²) in [6.07, 6.45) is 4.72. The smallest absolute Gasteiger partial charge is 0.0703 e. The third kappa shape index (κ3) is 5.73. The summed E-state index contributed by atoms with van der Waals surface area (Å²) in [5.74, 6) is -0.0929. The van der Waals surface area contributed by atoms with Gasteiger partial charge in [-0.3, -0.25) is 0 Å². The zero-order valence-corrected chi connectivity index (χ0v) is 11.9. The maximum Gasteiger partial charge on any atom is 0.0703 e. The summed E-state index contributed by atoms with van der Waals surface area (Å²) in [5.41, 5.74) is 0. The Morgan fingerprint density at radius 1 is 1.40 bits per heavy atom. The molecule has 0 radical (unpaired) electrons. The van der Waals surface area contributed by atoms with Crippen molar-refractivity contribution >= 4 is 26.4 Å². The molecule has 0 saturated carbocycles. The first-order chi connectivity index (χ1) is 7.04. The molecule has 90 valence electrons. The molecule has 0 spiro atoms. The minimum atomic E-state index is -0.960. The van der Waals surface area contributed by atoms with E-state index < -0.39 is 8.41 Å². The van der Waals surface area contributed by atoms with E-state index in [9.17, 15) is 5.11 Å². The number of hydrogen-bond donors (Lipinski definition) is 3. The summed E-state index contributed by atoms with van der Waals surface area (Å²) in [6, 6.07) is 0. The summed E-state index contributed by atoms with van der Waals surface area (Å²) in [6.45, 7) is 6.15. The maximum atomic E-state index is 9.87. The lowest BCUT2D eigenvalue weighted by atomic mass is 10.2. The third-order valence-corrected chi connectivity index (χ3v) is 6.73. The van der Waals surface area contributed by atoms with Gasteiger partial charge >= 0.3 is 0 Å². The molecule has 4 heteroatoms. The van der Waals surface area contributed by atoms with Crippen molar-refractivity contribution in [3.05, 3.63) is 0 Å². The Morgan fingerprint density at radius 2 is 2.00 bits per heavy atom. The highest BCUT2D eigenvalue weighted by Crippen LogP contribution is 2.10. The molecule has 0 aliphatic carbocycles. The van der Waals surface area contributed by atoms with Crippen molar-refractivity contribution in [2.45, 2.75) is 51.0 Å². The molecular weight excluding hydrogens is 224 g/mol. The van der Waals surface area contributed by atoms with Crippen molar-refractivity contribution in [1.29, 1.82) is 0 Å². The molecule has 0 aliphatic rings. The van der Waals surface area contributed by atoms with Gasteiger partial charge < -0.3 is 10.2 Å². The van der Waals surface area contributed by atoms with Crippen LogP contribution in [-0.4, -0.2) is 35.5 Å². The predicted molar refractivity (Wildman–Crippen MR) is 71.7 cm³/mol. The molecule has 0 aromatic carbocycles. The minimum absolute atomic E-state index is 0.0310. The second-order valence-electron chi connectivity index (χ2n) is 4.16. The van der Waals surface area contributed by atoms with Gasteiger partial charge in [-0.15, -0.1) is 0 Å². The Labute approximate surface area is 100 Å². The largest absolute Gasteiger partial charge is 0.518 e. The van der Waals surface area contributed by atoms with Crippen LogP contribution in [0.4, 0.5) is 0 Å². The summed E-state index contributed by atoms with van der Waals surface area (Å²) >= 11 is 4.55. The number of aliphatic hydroxyl groups excluding tert-OH is 2. The van der Waals surface area contributed by atoms with Crippen LogP contribution in [0.5, 0.6) is 0 Å². The van der Waals surface area contributed by atoms with E-state index in [1.807, 2.05) is 6.92 Å². The molecule has 0 amide bonds. The summed E-state index contributed by atoms with van der Waals surface area (Å²) in [5, 5.41) is 19.3. The number of aliphatic hydroxyl groups is 2.